The van der Waals surface area contributed by atoms with E-state index in [-0.39, 0.29) is 5.60 Å². The number of carbonyl (C=O) groups is 2. The molecular weight excluding hydrogens is 234 g/mol. The molecule has 18 heavy (non-hydrogen) atoms. The second-order valence-corrected chi connectivity index (χ2v) is 4.87. The zero-order valence-corrected chi connectivity index (χ0v) is 10.6. The molecule has 0 N–H and O–H groups in total. The minimum atomic E-state index is -0.730. The lowest BCUT2D eigenvalue weighted by atomic mass is 10.0. The predicted molar refractivity (Wildman–Crippen MR) is 64.7 cm³/mol. The van der Waals surface area contributed by atoms with Crippen LogP contribution in [-0.2, 0) is 11.2 Å². The molecule has 5 nitrogen and oxygen atoms in total. The van der Waals surface area contributed by atoms with Crippen molar-refractivity contribution < 1.29 is 19.1 Å². The summed E-state index contributed by atoms with van der Waals surface area (Å²) in [7, 11) is 1.34. The number of hydrogen-bond acceptors (Lipinski definition) is 4. The van der Waals surface area contributed by atoms with E-state index in [1.54, 1.807) is 12.1 Å². The molecule has 0 aromatic heterocycles. The van der Waals surface area contributed by atoms with E-state index >= 15 is 0 Å². The van der Waals surface area contributed by atoms with Gasteiger partial charge in [-0.15, -0.1) is 0 Å². The first-order chi connectivity index (χ1) is 8.43. The highest BCUT2D eigenvalue weighted by Gasteiger charge is 2.32. The smallest absolute Gasteiger partial charge is 0.421 e. The maximum atomic E-state index is 11.5. The van der Waals surface area contributed by atoms with Crippen LogP contribution < -0.4 is 9.47 Å². The lowest BCUT2D eigenvalue weighted by molar-refractivity contribution is -0.115. The third-order valence-electron chi connectivity index (χ3n) is 2.70. The topological polar surface area (TPSA) is 55.8 Å². The van der Waals surface area contributed by atoms with E-state index < -0.39 is 6.09 Å². The molecule has 0 bridgehead atoms. The molecule has 0 unspecified atom stereocenters. The molecule has 0 saturated heterocycles. The lowest BCUT2D eigenvalue weighted by Crippen LogP contribution is -2.28. The number of hydrogen-bond donors (Lipinski definition) is 0. The average Bonchev–Trinajstić information content (AvgIpc) is 2.63. The van der Waals surface area contributed by atoms with Crippen LogP contribution in [0.1, 0.15) is 19.4 Å². The number of imide groups is 1. The molecule has 0 fully saturated rings. The number of rotatable bonds is 2. The van der Waals surface area contributed by atoms with Crippen molar-refractivity contribution in [2.24, 2.45) is 0 Å². The first kappa shape index (κ1) is 12.4. The van der Waals surface area contributed by atoms with E-state index in [9.17, 15) is 9.59 Å². The molecule has 0 radical (unpaired) electrons. The summed E-state index contributed by atoms with van der Waals surface area (Å²) in [6.07, 6.45) is 0.430. The van der Waals surface area contributed by atoms with Gasteiger partial charge in [0.15, 0.2) is 11.5 Å². The highest BCUT2D eigenvalue weighted by molar-refractivity contribution is 5.82. The number of benzene rings is 1. The molecule has 96 valence electrons. The van der Waals surface area contributed by atoms with Gasteiger partial charge in [-0.25, -0.2) is 4.79 Å². The van der Waals surface area contributed by atoms with Gasteiger partial charge in [0.2, 0.25) is 6.41 Å². The molecule has 0 atom stereocenters. The summed E-state index contributed by atoms with van der Waals surface area (Å²) in [4.78, 5) is 22.8. The fourth-order valence-corrected chi connectivity index (χ4v) is 1.88. The van der Waals surface area contributed by atoms with Gasteiger partial charge in [0.25, 0.3) is 0 Å². The second-order valence-electron chi connectivity index (χ2n) is 4.87. The molecule has 1 aromatic rings. The summed E-state index contributed by atoms with van der Waals surface area (Å²) in [6, 6.07) is 5.38. The summed E-state index contributed by atoms with van der Waals surface area (Å²) in [6.45, 7) is 3.94. The molecule has 2 amide bonds. The van der Waals surface area contributed by atoms with Crippen LogP contribution in [0.2, 0.25) is 0 Å². The predicted octanol–water partition coefficient (Wildman–Crippen LogP) is 1.99. The number of amides is 2. The Morgan fingerprint density at radius 2 is 2.22 bits per heavy atom. The SMILES string of the molecule is CN(C=O)C(=O)Oc1cccc2c1OC(C)(C)C2. The van der Waals surface area contributed by atoms with Crippen molar-refractivity contribution in [2.45, 2.75) is 25.9 Å². The standard InChI is InChI=1S/C13H15NO4/c1-13(2)7-9-5-4-6-10(11(9)18-13)17-12(16)14(3)8-15/h4-6,8H,7H2,1-3H3. The van der Waals surface area contributed by atoms with Crippen LogP contribution in [0, 0.1) is 0 Å². The molecule has 1 aliphatic heterocycles. The van der Waals surface area contributed by atoms with Gasteiger partial charge >= 0.3 is 6.09 Å². The Kier molecular flexibility index (Phi) is 2.98. The summed E-state index contributed by atoms with van der Waals surface area (Å²) in [5, 5.41) is 0. The molecule has 0 spiro atoms. The Morgan fingerprint density at radius 3 is 2.89 bits per heavy atom. The van der Waals surface area contributed by atoms with Crippen molar-refractivity contribution in [3.05, 3.63) is 23.8 Å². The zero-order valence-electron chi connectivity index (χ0n) is 10.6. The minimum Gasteiger partial charge on any atom is -0.483 e. The molecule has 5 heteroatoms. The van der Waals surface area contributed by atoms with Crippen molar-refractivity contribution in [2.75, 3.05) is 7.05 Å². The van der Waals surface area contributed by atoms with E-state index in [4.69, 9.17) is 9.47 Å². The number of carbonyl (C=O) groups excluding carboxylic acids is 2. The summed E-state index contributed by atoms with van der Waals surface area (Å²) >= 11 is 0. The largest absolute Gasteiger partial charge is 0.483 e. The molecule has 1 aromatic carbocycles. The van der Waals surface area contributed by atoms with Gasteiger partial charge in [-0.05, 0) is 19.9 Å². The van der Waals surface area contributed by atoms with E-state index in [0.717, 1.165) is 16.9 Å². The van der Waals surface area contributed by atoms with Gasteiger partial charge in [0.1, 0.15) is 5.60 Å². The number of nitrogens with zero attached hydrogens (tertiary/aromatic N) is 1. The first-order valence-corrected chi connectivity index (χ1v) is 5.64. The van der Waals surface area contributed by atoms with E-state index in [2.05, 4.69) is 0 Å². The molecule has 0 aliphatic carbocycles. The number of ether oxygens (including phenoxy) is 2. The monoisotopic (exact) mass is 249 g/mol. The van der Waals surface area contributed by atoms with Gasteiger partial charge in [-0.2, -0.15) is 0 Å². The highest BCUT2D eigenvalue weighted by Crippen LogP contribution is 2.41. The third-order valence-corrected chi connectivity index (χ3v) is 2.70. The number of fused-ring (bicyclic) bond motifs is 1. The van der Waals surface area contributed by atoms with E-state index in [1.807, 2.05) is 19.9 Å². The lowest BCUT2D eigenvalue weighted by Gasteiger charge is -2.18. The van der Waals surface area contributed by atoms with Gasteiger partial charge < -0.3 is 9.47 Å². The van der Waals surface area contributed by atoms with Crippen LogP contribution in [0.4, 0.5) is 4.79 Å². The van der Waals surface area contributed by atoms with Crippen molar-refractivity contribution in [1.82, 2.24) is 4.90 Å². The first-order valence-electron chi connectivity index (χ1n) is 5.64. The van der Waals surface area contributed by atoms with E-state index in [1.165, 1.54) is 7.05 Å². The van der Waals surface area contributed by atoms with Gasteiger partial charge in [-0.3, -0.25) is 9.69 Å². The van der Waals surface area contributed by atoms with Crippen LogP contribution in [0.5, 0.6) is 11.5 Å². The van der Waals surface area contributed by atoms with Gasteiger partial charge in [-0.1, -0.05) is 12.1 Å². The van der Waals surface area contributed by atoms with Crippen LogP contribution in [-0.4, -0.2) is 30.1 Å². The number of para-hydroxylation sites is 1. The van der Waals surface area contributed by atoms with Crippen LogP contribution in [0.15, 0.2) is 18.2 Å². The molecule has 1 aliphatic rings. The summed E-state index contributed by atoms with van der Waals surface area (Å²) < 4.78 is 10.9. The van der Waals surface area contributed by atoms with Gasteiger partial charge in [0.05, 0.1) is 0 Å². The normalized spacial score (nSPS) is 15.5. The molecule has 0 saturated carbocycles. The third kappa shape index (κ3) is 2.30. The molecular formula is C13H15NO4. The fraction of sp³-hybridized carbons (Fsp3) is 0.385. The Morgan fingerprint density at radius 1 is 1.50 bits per heavy atom. The zero-order chi connectivity index (χ0) is 13.3. The van der Waals surface area contributed by atoms with Crippen molar-refractivity contribution in [3.8, 4) is 11.5 Å². The maximum absolute atomic E-state index is 11.5. The van der Waals surface area contributed by atoms with Crippen LogP contribution >= 0.6 is 0 Å². The Balaban J connectivity index is 2.25. The summed E-state index contributed by atoms with van der Waals surface area (Å²) in [5.74, 6) is 0.923. The van der Waals surface area contributed by atoms with Crippen molar-refractivity contribution >= 4 is 12.5 Å². The molecule has 1 heterocycles. The minimum absolute atomic E-state index is 0.304. The Hall–Kier alpha value is -2.04. The van der Waals surface area contributed by atoms with E-state index in [0.29, 0.717) is 17.9 Å². The van der Waals surface area contributed by atoms with Gasteiger partial charge in [0, 0.05) is 19.0 Å². The second kappa shape index (κ2) is 4.33. The quantitative estimate of drug-likeness (QED) is 0.752. The fourth-order valence-electron chi connectivity index (χ4n) is 1.88. The van der Waals surface area contributed by atoms with Crippen molar-refractivity contribution in [1.29, 1.82) is 0 Å². The average molecular weight is 249 g/mol. The van der Waals surface area contributed by atoms with Crippen molar-refractivity contribution in [3.63, 3.8) is 0 Å². The Labute approximate surface area is 105 Å². The highest BCUT2D eigenvalue weighted by atomic mass is 16.6. The van der Waals surface area contributed by atoms with Crippen LogP contribution in [0.25, 0.3) is 0 Å². The maximum Gasteiger partial charge on any atom is 0.421 e. The summed E-state index contributed by atoms with van der Waals surface area (Å²) in [5.41, 5.74) is 0.695. The Bertz CT molecular complexity index is 496. The molecule has 2 rings (SSSR count). The van der Waals surface area contributed by atoms with Crippen LogP contribution in [0.3, 0.4) is 0 Å².